The van der Waals surface area contributed by atoms with Crippen molar-refractivity contribution in [3.8, 4) is 0 Å². The predicted octanol–water partition coefficient (Wildman–Crippen LogP) is 4.42. The molecular formula is C32H48N2O8. The number of hydrogen-bond acceptors (Lipinski definition) is 10. The Morgan fingerprint density at radius 1 is 0.571 bits per heavy atom. The molecule has 10 heteroatoms. The van der Waals surface area contributed by atoms with Gasteiger partial charge in [-0.15, -0.1) is 0 Å². The minimum Gasteiger partial charge on any atom is -0.462 e. The number of carbonyl (C=O) groups is 4. The summed E-state index contributed by atoms with van der Waals surface area (Å²) in [5.41, 5.74) is 2.48. The van der Waals surface area contributed by atoms with E-state index in [9.17, 15) is 19.2 Å². The largest absolute Gasteiger partial charge is 0.462 e. The summed E-state index contributed by atoms with van der Waals surface area (Å²) < 4.78 is 20.7. The molecule has 0 aromatic carbocycles. The summed E-state index contributed by atoms with van der Waals surface area (Å²) in [7, 11) is 0. The van der Waals surface area contributed by atoms with Crippen molar-refractivity contribution in [1.82, 2.24) is 10.6 Å². The molecule has 0 heterocycles. The quantitative estimate of drug-likeness (QED) is 0.0797. The van der Waals surface area contributed by atoms with Gasteiger partial charge in [0.15, 0.2) is 0 Å². The minimum atomic E-state index is -0.679. The Bertz CT molecular complexity index is 1030. The maximum Gasteiger partial charge on any atom is 0.345 e. The molecule has 0 aromatic rings. The molecule has 0 aliphatic heterocycles. The molecule has 42 heavy (non-hydrogen) atoms. The van der Waals surface area contributed by atoms with Crippen LogP contribution in [-0.2, 0) is 38.1 Å². The Labute approximate surface area is 249 Å². The van der Waals surface area contributed by atoms with Crippen LogP contribution in [0.4, 0.5) is 0 Å². The third kappa shape index (κ3) is 10.1. The molecule has 0 aromatic heterocycles. The van der Waals surface area contributed by atoms with Crippen molar-refractivity contribution >= 4 is 23.9 Å². The summed E-state index contributed by atoms with van der Waals surface area (Å²) in [6, 6.07) is 0. The van der Waals surface area contributed by atoms with Gasteiger partial charge in [-0.25, -0.2) is 19.2 Å². The summed E-state index contributed by atoms with van der Waals surface area (Å²) in [5.74, 6) is -2.72. The Kier molecular flexibility index (Phi) is 12.9. The lowest BCUT2D eigenvalue weighted by Gasteiger charge is -2.33. The van der Waals surface area contributed by atoms with Crippen LogP contribution in [0.25, 0.3) is 0 Å². The molecule has 2 aliphatic carbocycles. The first-order chi connectivity index (χ1) is 19.8. The van der Waals surface area contributed by atoms with Gasteiger partial charge in [-0.2, -0.15) is 0 Å². The summed E-state index contributed by atoms with van der Waals surface area (Å²) >= 11 is 0. The molecule has 2 rings (SSSR count). The highest BCUT2D eigenvalue weighted by Crippen LogP contribution is 2.40. The maximum absolute atomic E-state index is 12.7. The van der Waals surface area contributed by atoms with Crippen molar-refractivity contribution in [2.24, 2.45) is 10.8 Å². The fourth-order valence-electron chi connectivity index (χ4n) is 5.31. The molecule has 10 nitrogen and oxygen atoms in total. The second-order valence-corrected chi connectivity index (χ2v) is 11.9. The van der Waals surface area contributed by atoms with Crippen molar-refractivity contribution in [2.45, 2.75) is 81.1 Å². The van der Waals surface area contributed by atoms with Gasteiger partial charge in [-0.1, -0.05) is 27.7 Å². The zero-order valence-electron chi connectivity index (χ0n) is 26.5. The number of hydrogen-bond donors (Lipinski definition) is 2. The van der Waals surface area contributed by atoms with Gasteiger partial charge in [0.2, 0.25) is 0 Å². The third-order valence-electron chi connectivity index (χ3n) is 6.76. The van der Waals surface area contributed by atoms with E-state index in [1.54, 1.807) is 27.7 Å². The van der Waals surface area contributed by atoms with Crippen molar-refractivity contribution in [3.63, 3.8) is 0 Å². The molecule has 2 N–H and O–H groups in total. The van der Waals surface area contributed by atoms with E-state index in [-0.39, 0.29) is 48.4 Å². The molecule has 234 valence electrons. The molecule has 0 fully saturated rings. The fraction of sp³-hybridized carbons (Fsp3) is 0.625. The Hall–Kier alpha value is -3.56. The Balaban J connectivity index is 2.27. The maximum atomic E-state index is 12.7. The summed E-state index contributed by atoms with van der Waals surface area (Å²) in [5, 5.41) is 6.88. The van der Waals surface area contributed by atoms with Crippen LogP contribution in [-0.4, -0.2) is 63.4 Å². The summed E-state index contributed by atoms with van der Waals surface area (Å²) in [6.45, 7) is 16.9. The minimum absolute atomic E-state index is 0.0585. The van der Waals surface area contributed by atoms with Gasteiger partial charge >= 0.3 is 23.9 Å². The first kappa shape index (κ1) is 34.6. The lowest BCUT2D eigenvalue weighted by Crippen LogP contribution is -2.33. The molecule has 0 radical (unpaired) electrons. The Morgan fingerprint density at radius 2 is 0.857 bits per heavy atom. The van der Waals surface area contributed by atoms with Crippen LogP contribution in [0.15, 0.2) is 45.8 Å². The van der Waals surface area contributed by atoms with E-state index in [0.29, 0.717) is 37.1 Å². The lowest BCUT2D eigenvalue weighted by atomic mass is 9.75. The van der Waals surface area contributed by atoms with E-state index < -0.39 is 23.9 Å². The highest BCUT2D eigenvalue weighted by Gasteiger charge is 2.34. The van der Waals surface area contributed by atoms with Crippen LogP contribution in [0, 0.1) is 10.8 Å². The smallest absolute Gasteiger partial charge is 0.345 e. The normalized spacial score (nSPS) is 17.2. The van der Waals surface area contributed by atoms with Crippen molar-refractivity contribution in [2.75, 3.05) is 39.5 Å². The molecular weight excluding hydrogens is 540 g/mol. The van der Waals surface area contributed by atoms with Crippen molar-refractivity contribution in [3.05, 3.63) is 45.8 Å². The van der Waals surface area contributed by atoms with E-state index in [2.05, 4.69) is 38.3 Å². The van der Waals surface area contributed by atoms with Gasteiger partial charge in [-0.3, -0.25) is 0 Å². The molecule has 0 atom stereocenters. The lowest BCUT2D eigenvalue weighted by molar-refractivity contribution is -0.148. The second kappa shape index (κ2) is 15.6. The topological polar surface area (TPSA) is 129 Å². The van der Waals surface area contributed by atoms with Crippen LogP contribution in [0.3, 0.4) is 0 Å². The SMILES string of the molecule is CCOC(=O)C(C(=O)OCC)=C1C=C(NCCNC2=CC(=C(C(=O)OCC)C(=O)OCC)CC(C)(C)C2)CC(C)(C)C1. The summed E-state index contributed by atoms with van der Waals surface area (Å²) in [4.78, 5) is 50.7. The van der Waals surface area contributed by atoms with Crippen LogP contribution in [0.5, 0.6) is 0 Å². The molecule has 0 unspecified atom stereocenters. The van der Waals surface area contributed by atoms with Gasteiger partial charge in [0.05, 0.1) is 26.4 Å². The zero-order valence-corrected chi connectivity index (χ0v) is 26.5. The van der Waals surface area contributed by atoms with Crippen LogP contribution < -0.4 is 10.6 Å². The van der Waals surface area contributed by atoms with E-state index in [1.165, 1.54) is 0 Å². The van der Waals surface area contributed by atoms with Gasteiger partial charge in [-0.05, 0) is 87.5 Å². The predicted molar refractivity (Wildman–Crippen MR) is 159 cm³/mol. The molecule has 0 spiro atoms. The average Bonchev–Trinajstić information content (AvgIpc) is 2.86. The molecule has 0 saturated heterocycles. The Morgan fingerprint density at radius 3 is 1.12 bits per heavy atom. The van der Waals surface area contributed by atoms with Crippen LogP contribution in [0.1, 0.15) is 81.1 Å². The standard InChI is InChI=1S/C32H48N2O8/c1-9-39-27(35)25(28(36)40-10-2)21-15-23(19-31(5,6)17-21)33-13-14-34-24-16-22(18-32(7,8)20-24)26(29(37)41-11-3)30(38)42-12-4/h15-16,33-34H,9-14,17-20H2,1-8H3. The van der Waals surface area contributed by atoms with Gasteiger partial charge in [0.25, 0.3) is 0 Å². The first-order valence-electron chi connectivity index (χ1n) is 14.8. The number of nitrogens with one attached hydrogen (secondary N) is 2. The third-order valence-corrected chi connectivity index (χ3v) is 6.76. The van der Waals surface area contributed by atoms with Crippen molar-refractivity contribution < 1.29 is 38.1 Å². The van der Waals surface area contributed by atoms with Crippen LogP contribution in [0.2, 0.25) is 0 Å². The highest BCUT2D eigenvalue weighted by molar-refractivity contribution is 6.15. The average molecular weight is 589 g/mol. The molecule has 0 saturated carbocycles. The fourth-order valence-corrected chi connectivity index (χ4v) is 5.31. The van der Waals surface area contributed by atoms with E-state index >= 15 is 0 Å². The monoisotopic (exact) mass is 588 g/mol. The molecule has 0 amide bonds. The number of allylic oxidation sites excluding steroid dienone is 6. The summed E-state index contributed by atoms with van der Waals surface area (Å²) in [6.07, 6.45) is 6.24. The van der Waals surface area contributed by atoms with Gasteiger partial charge in [0.1, 0.15) is 11.1 Å². The van der Waals surface area contributed by atoms with E-state index in [1.807, 2.05) is 12.2 Å². The van der Waals surface area contributed by atoms with E-state index in [4.69, 9.17) is 18.9 Å². The highest BCUT2D eigenvalue weighted by atomic mass is 16.6. The first-order valence-corrected chi connectivity index (χ1v) is 14.8. The number of esters is 4. The molecule has 2 aliphatic rings. The van der Waals surface area contributed by atoms with Crippen LogP contribution >= 0.6 is 0 Å². The number of carbonyl (C=O) groups excluding carboxylic acids is 4. The van der Waals surface area contributed by atoms with Gasteiger partial charge in [0, 0.05) is 24.5 Å². The number of ether oxygens (including phenoxy) is 4. The zero-order chi connectivity index (χ0) is 31.5. The molecule has 0 bridgehead atoms. The number of rotatable bonds is 13. The second-order valence-electron chi connectivity index (χ2n) is 11.9. The van der Waals surface area contributed by atoms with Crippen molar-refractivity contribution in [1.29, 1.82) is 0 Å². The van der Waals surface area contributed by atoms with E-state index in [0.717, 1.165) is 24.2 Å². The van der Waals surface area contributed by atoms with Gasteiger partial charge < -0.3 is 29.6 Å².